The van der Waals surface area contributed by atoms with Crippen molar-refractivity contribution >= 4 is 33.7 Å². The average Bonchev–Trinajstić information content (AvgIpc) is 3.45. The van der Waals surface area contributed by atoms with Crippen LogP contribution in [0.15, 0.2) is 60.8 Å². The highest BCUT2D eigenvalue weighted by Crippen LogP contribution is 2.35. The number of amides is 1. The van der Waals surface area contributed by atoms with Gasteiger partial charge in [-0.25, -0.2) is 9.24 Å². The van der Waals surface area contributed by atoms with E-state index in [1.165, 1.54) is 6.07 Å². The van der Waals surface area contributed by atoms with Crippen LogP contribution in [-0.4, -0.2) is 46.8 Å². The number of piperazine rings is 1. The van der Waals surface area contributed by atoms with Gasteiger partial charge in [0.25, 0.3) is 5.91 Å². The number of carbonyl (C=O) groups is 1. The second kappa shape index (κ2) is 8.53. The Kier molecular flexibility index (Phi) is 5.20. The molecule has 1 fully saturated rings. The number of hydrogen-bond acceptors (Lipinski definition) is 4. The van der Waals surface area contributed by atoms with Gasteiger partial charge in [-0.05, 0) is 41.3 Å². The van der Waals surface area contributed by atoms with E-state index in [-0.39, 0.29) is 11.7 Å². The molecule has 1 aromatic heterocycles. The molecule has 6 rings (SSSR count). The van der Waals surface area contributed by atoms with Gasteiger partial charge in [0.15, 0.2) is 5.69 Å². The maximum atomic E-state index is 14.4. The molecule has 0 aliphatic carbocycles. The summed E-state index contributed by atoms with van der Waals surface area (Å²) in [6, 6.07) is 16.6. The van der Waals surface area contributed by atoms with Gasteiger partial charge in [0.05, 0.1) is 24.5 Å². The fraction of sp³-hybridized carbons (Fsp3) is 0.222. The maximum Gasteiger partial charge on any atom is 0.256 e. The number of benzene rings is 3. The number of rotatable bonds is 5. The normalized spacial score (nSPS) is 15.4. The molecule has 2 aliphatic rings. The van der Waals surface area contributed by atoms with E-state index in [1.54, 1.807) is 12.1 Å². The average molecular weight is 467 g/mol. The number of halogens is 1. The highest BCUT2D eigenvalue weighted by atomic mass is 19.1. The van der Waals surface area contributed by atoms with Crippen LogP contribution in [0.2, 0.25) is 0 Å². The number of hydrogen-bond donors (Lipinski definition) is 1. The quantitative estimate of drug-likeness (QED) is 0.435. The summed E-state index contributed by atoms with van der Waals surface area (Å²) in [5.41, 5.74) is 4.70. The standard InChI is InChI=1S/C27H23FN6O/c1-29-19-6-8-25(23(28)15-19)33-13-11-32(12-14-33)17-20-9-10-30-34(20)16-18-5-7-24-26-21(18)3-2-4-22(26)27(35)31-24/h2-10,15H,11-14,16-17H2,(H,31,35). The summed E-state index contributed by atoms with van der Waals surface area (Å²) in [7, 11) is 0. The Hall–Kier alpha value is -4.22. The molecule has 2 aliphatic heterocycles. The summed E-state index contributed by atoms with van der Waals surface area (Å²) in [6.45, 7) is 11.5. The van der Waals surface area contributed by atoms with Crippen molar-refractivity contribution in [1.82, 2.24) is 14.7 Å². The predicted molar refractivity (Wildman–Crippen MR) is 133 cm³/mol. The summed E-state index contributed by atoms with van der Waals surface area (Å²) in [4.78, 5) is 19.9. The minimum absolute atomic E-state index is 0.0520. The van der Waals surface area contributed by atoms with Crippen LogP contribution in [0, 0.1) is 12.4 Å². The first-order chi connectivity index (χ1) is 17.1. The highest BCUT2D eigenvalue weighted by Gasteiger charge is 2.23. The van der Waals surface area contributed by atoms with Crippen molar-refractivity contribution in [3.63, 3.8) is 0 Å². The molecule has 0 saturated carbocycles. The molecule has 0 bridgehead atoms. The third-order valence-corrected chi connectivity index (χ3v) is 6.91. The first kappa shape index (κ1) is 21.3. The van der Waals surface area contributed by atoms with Gasteiger partial charge in [0, 0.05) is 55.6 Å². The third-order valence-electron chi connectivity index (χ3n) is 6.91. The van der Waals surface area contributed by atoms with Crippen molar-refractivity contribution in [3.05, 3.63) is 94.8 Å². The van der Waals surface area contributed by atoms with Gasteiger partial charge in [-0.2, -0.15) is 5.10 Å². The van der Waals surface area contributed by atoms with Crippen molar-refractivity contribution in [2.75, 3.05) is 36.4 Å². The molecule has 0 spiro atoms. The molecule has 1 N–H and O–H groups in total. The molecule has 174 valence electrons. The van der Waals surface area contributed by atoms with E-state index in [4.69, 9.17) is 6.57 Å². The summed E-state index contributed by atoms with van der Waals surface area (Å²) >= 11 is 0. The fourth-order valence-corrected chi connectivity index (χ4v) is 5.08. The van der Waals surface area contributed by atoms with E-state index < -0.39 is 0 Å². The molecule has 0 radical (unpaired) electrons. The van der Waals surface area contributed by atoms with Crippen LogP contribution in [0.4, 0.5) is 21.5 Å². The molecule has 35 heavy (non-hydrogen) atoms. The lowest BCUT2D eigenvalue weighted by Crippen LogP contribution is -2.46. The van der Waals surface area contributed by atoms with Gasteiger partial charge in [-0.3, -0.25) is 14.4 Å². The number of nitrogens with zero attached hydrogens (tertiary/aromatic N) is 5. The smallest absolute Gasteiger partial charge is 0.256 e. The van der Waals surface area contributed by atoms with Gasteiger partial charge < -0.3 is 10.2 Å². The summed E-state index contributed by atoms with van der Waals surface area (Å²) in [5.74, 6) is -0.392. The maximum absolute atomic E-state index is 14.4. The highest BCUT2D eigenvalue weighted by molar-refractivity contribution is 6.24. The lowest BCUT2D eigenvalue weighted by atomic mass is 10.0. The Morgan fingerprint density at radius 1 is 1.03 bits per heavy atom. The van der Waals surface area contributed by atoms with Crippen LogP contribution in [0.3, 0.4) is 0 Å². The van der Waals surface area contributed by atoms with Gasteiger partial charge in [-0.1, -0.05) is 24.3 Å². The topological polar surface area (TPSA) is 57.8 Å². The SMILES string of the molecule is [C-]#[N+]c1ccc(N2CCN(Cc3ccnn3Cc3ccc4c5c(cccc35)C(=O)N4)CC2)c(F)c1. The molecule has 0 unspecified atom stereocenters. The zero-order valence-electron chi connectivity index (χ0n) is 19.0. The molecule has 8 heteroatoms. The summed E-state index contributed by atoms with van der Waals surface area (Å²) in [5, 5.41) is 9.56. The number of anilines is 2. The molecule has 7 nitrogen and oxygen atoms in total. The van der Waals surface area contributed by atoms with Gasteiger partial charge in [0.2, 0.25) is 0 Å². The zero-order valence-corrected chi connectivity index (χ0v) is 19.0. The van der Waals surface area contributed by atoms with E-state index in [0.717, 1.165) is 66.0 Å². The molecule has 3 heterocycles. The molecule has 4 aromatic rings. The monoisotopic (exact) mass is 466 g/mol. The second-order valence-electron chi connectivity index (χ2n) is 8.95. The van der Waals surface area contributed by atoms with Gasteiger partial charge in [0.1, 0.15) is 5.82 Å². The van der Waals surface area contributed by atoms with Crippen LogP contribution in [0.1, 0.15) is 21.6 Å². The first-order valence-corrected chi connectivity index (χ1v) is 11.6. The third kappa shape index (κ3) is 3.80. The second-order valence-corrected chi connectivity index (χ2v) is 8.95. The Bertz CT molecular complexity index is 1500. The van der Waals surface area contributed by atoms with Crippen LogP contribution in [-0.2, 0) is 13.1 Å². The number of carbonyl (C=O) groups excluding carboxylic acids is 1. The van der Waals surface area contributed by atoms with Crippen molar-refractivity contribution < 1.29 is 9.18 Å². The van der Waals surface area contributed by atoms with Gasteiger partial charge in [-0.15, -0.1) is 0 Å². The minimum Gasteiger partial charge on any atom is -0.367 e. The molecule has 3 aromatic carbocycles. The van der Waals surface area contributed by atoms with Crippen molar-refractivity contribution in [2.24, 2.45) is 0 Å². The van der Waals surface area contributed by atoms with Crippen LogP contribution in [0.5, 0.6) is 0 Å². The van der Waals surface area contributed by atoms with Crippen molar-refractivity contribution in [1.29, 1.82) is 0 Å². The molecule has 1 saturated heterocycles. The van der Waals surface area contributed by atoms with E-state index in [0.29, 0.717) is 17.9 Å². The lowest BCUT2D eigenvalue weighted by Gasteiger charge is -2.36. The summed E-state index contributed by atoms with van der Waals surface area (Å²) < 4.78 is 16.5. The Morgan fingerprint density at radius 2 is 1.89 bits per heavy atom. The molecule has 1 amide bonds. The lowest BCUT2D eigenvalue weighted by molar-refractivity contribution is 0.103. The van der Waals surface area contributed by atoms with Crippen LogP contribution < -0.4 is 10.2 Å². The summed E-state index contributed by atoms with van der Waals surface area (Å²) in [6.07, 6.45) is 1.82. The van der Waals surface area contributed by atoms with E-state index >= 15 is 0 Å². The Balaban J connectivity index is 1.16. The van der Waals surface area contributed by atoms with Crippen LogP contribution in [0.25, 0.3) is 15.6 Å². The zero-order chi connectivity index (χ0) is 23.9. The Morgan fingerprint density at radius 3 is 2.69 bits per heavy atom. The number of aromatic nitrogens is 2. The van der Waals surface area contributed by atoms with Gasteiger partial charge >= 0.3 is 0 Å². The van der Waals surface area contributed by atoms with Crippen molar-refractivity contribution in [3.8, 4) is 0 Å². The molecular formula is C27H23FN6O. The van der Waals surface area contributed by atoms with E-state index in [1.807, 2.05) is 40.0 Å². The predicted octanol–water partition coefficient (Wildman–Crippen LogP) is 4.66. The first-order valence-electron chi connectivity index (χ1n) is 11.6. The van der Waals surface area contributed by atoms with E-state index in [9.17, 15) is 9.18 Å². The fourth-order valence-electron chi connectivity index (χ4n) is 5.08. The Labute approximate surface area is 202 Å². The van der Waals surface area contributed by atoms with Crippen molar-refractivity contribution in [2.45, 2.75) is 13.1 Å². The number of nitrogens with one attached hydrogen (secondary N) is 1. The van der Waals surface area contributed by atoms with E-state index in [2.05, 4.69) is 32.3 Å². The molecular weight excluding hydrogens is 443 g/mol. The largest absolute Gasteiger partial charge is 0.367 e. The molecule has 0 atom stereocenters. The minimum atomic E-state index is -0.340. The van der Waals surface area contributed by atoms with Crippen LogP contribution >= 0.6 is 0 Å².